The van der Waals surface area contributed by atoms with Gasteiger partial charge < -0.3 is 14.6 Å². The summed E-state index contributed by atoms with van der Waals surface area (Å²) in [4.78, 5) is 16.6. The molecule has 0 bridgehead atoms. The molecule has 27 heavy (non-hydrogen) atoms. The SMILES string of the molecule is [2H]C([2H])([2H])c1nc(-c2ccc3c(c2)CC[C@H]3NC(=O)c2cnn(CCOC)c2)no1. The van der Waals surface area contributed by atoms with Crippen molar-refractivity contribution in [3.05, 3.63) is 53.2 Å². The summed E-state index contributed by atoms with van der Waals surface area (Å²) in [5, 5.41) is 11.0. The van der Waals surface area contributed by atoms with Crippen LogP contribution in [0.1, 0.15) is 44.0 Å². The third-order valence-corrected chi connectivity index (χ3v) is 4.63. The molecule has 1 N–H and O–H groups in total. The van der Waals surface area contributed by atoms with Gasteiger partial charge in [-0.25, -0.2) is 0 Å². The highest BCUT2D eigenvalue weighted by Gasteiger charge is 2.25. The van der Waals surface area contributed by atoms with Crippen molar-refractivity contribution in [2.45, 2.75) is 32.3 Å². The van der Waals surface area contributed by atoms with E-state index >= 15 is 0 Å². The quantitative estimate of drug-likeness (QED) is 0.715. The van der Waals surface area contributed by atoms with E-state index in [1.165, 1.54) is 0 Å². The number of aromatic nitrogens is 4. The van der Waals surface area contributed by atoms with E-state index in [9.17, 15) is 4.79 Å². The van der Waals surface area contributed by atoms with Crippen LogP contribution in [0.2, 0.25) is 0 Å². The highest BCUT2D eigenvalue weighted by molar-refractivity contribution is 5.94. The van der Waals surface area contributed by atoms with Gasteiger partial charge in [-0.15, -0.1) is 0 Å². The molecule has 1 amide bonds. The Bertz CT molecular complexity index is 1060. The first-order valence-electron chi connectivity index (χ1n) is 10.1. The third-order valence-electron chi connectivity index (χ3n) is 4.63. The Labute approximate surface area is 160 Å². The zero-order chi connectivity index (χ0) is 21.3. The maximum absolute atomic E-state index is 12.6. The number of methoxy groups -OCH3 is 1. The number of benzene rings is 1. The molecule has 8 heteroatoms. The van der Waals surface area contributed by atoms with Crippen LogP contribution < -0.4 is 5.32 Å². The summed E-state index contributed by atoms with van der Waals surface area (Å²) < 4.78 is 33.6. The lowest BCUT2D eigenvalue weighted by Crippen LogP contribution is -2.26. The Morgan fingerprint density at radius 1 is 1.52 bits per heavy atom. The number of aryl methyl sites for hydroxylation is 2. The zero-order valence-corrected chi connectivity index (χ0v) is 14.8. The van der Waals surface area contributed by atoms with Gasteiger partial charge in [0.25, 0.3) is 5.91 Å². The van der Waals surface area contributed by atoms with Crippen molar-refractivity contribution in [3.63, 3.8) is 0 Å². The third kappa shape index (κ3) is 3.61. The smallest absolute Gasteiger partial charge is 0.254 e. The monoisotopic (exact) mass is 370 g/mol. The summed E-state index contributed by atoms with van der Waals surface area (Å²) in [6.07, 6.45) is 4.80. The minimum atomic E-state index is -2.44. The fourth-order valence-corrected chi connectivity index (χ4v) is 3.28. The van der Waals surface area contributed by atoms with Crippen LogP contribution in [-0.2, 0) is 17.7 Å². The lowest BCUT2D eigenvalue weighted by molar-refractivity contribution is 0.0936. The van der Waals surface area contributed by atoms with Gasteiger partial charge in [-0.3, -0.25) is 9.48 Å². The lowest BCUT2D eigenvalue weighted by atomic mass is 10.0. The van der Waals surface area contributed by atoms with Crippen LogP contribution in [0.5, 0.6) is 0 Å². The molecule has 1 aliphatic rings. The number of carbonyl (C=O) groups is 1. The van der Waals surface area contributed by atoms with Gasteiger partial charge in [0.2, 0.25) is 11.7 Å². The summed E-state index contributed by atoms with van der Waals surface area (Å²) >= 11 is 0. The molecule has 1 atom stereocenters. The summed E-state index contributed by atoms with van der Waals surface area (Å²) in [5.74, 6) is -0.324. The van der Waals surface area contributed by atoms with Gasteiger partial charge in [-0.1, -0.05) is 17.3 Å². The van der Waals surface area contributed by atoms with Gasteiger partial charge >= 0.3 is 0 Å². The minimum Gasteiger partial charge on any atom is -0.383 e. The molecule has 0 spiro atoms. The predicted molar refractivity (Wildman–Crippen MR) is 97.1 cm³/mol. The number of hydrogen-bond donors (Lipinski definition) is 1. The van der Waals surface area contributed by atoms with Gasteiger partial charge in [-0.05, 0) is 30.0 Å². The molecule has 0 fully saturated rings. The van der Waals surface area contributed by atoms with Crippen LogP contribution in [-0.4, -0.2) is 39.5 Å². The van der Waals surface area contributed by atoms with E-state index in [0.717, 1.165) is 24.0 Å². The fourth-order valence-electron chi connectivity index (χ4n) is 3.28. The van der Waals surface area contributed by atoms with Gasteiger partial charge in [0.15, 0.2) is 0 Å². The van der Waals surface area contributed by atoms with Crippen LogP contribution in [0, 0.1) is 6.85 Å². The first-order valence-corrected chi connectivity index (χ1v) is 8.65. The van der Waals surface area contributed by atoms with Crippen molar-refractivity contribution < 1.29 is 18.2 Å². The van der Waals surface area contributed by atoms with Gasteiger partial charge in [0, 0.05) is 29.8 Å². The van der Waals surface area contributed by atoms with Gasteiger partial charge in [0.1, 0.15) is 0 Å². The lowest BCUT2D eigenvalue weighted by Gasteiger charge is -2.13. The van der Waals surface area contributed by atoms with Gasteiger partial charge in [-0.2, -0.15) is 10.1 Å². The minimum absolute atomic E-state index is 0.105. The standard InChI is InChI=1S/C19H21N5O3/c1-12-21-18(23-27-12)14-3-5-16-13(9-14)4-6-17(16)22-19(25)15-10-20-24(11-15)7-8-26-2/h3,5,9-11,17H,4,6-8H2,1-2H3,(H,22,25)/t17-/m1/s1/i1D3. The highest BCUT2D eigenvalue weighted by atomic mass is 16.5. The van der Waals surface area contributed by atoms with Crippen molar-refractivity contribution in [1.82, 2.24) is 25.2 Å². The van der Waals surface area contributed by atoms with Crippen molar-refractivity contribution in [1.29, 1.82) is 0 Å². The molecule has 140 valence electrons. The number of hydrogen-bond acceptors (Lipinski definition) is 6. The summed E-state index contributed by atoms with van der Waals surface area (Å²) in [7, 11) is 1.62. The van der Waals surface area contributed by atoms with Crippen molar-refractivity contribution in [2.24, 2.45) is 0 Å². The number of nitrogens with one attached hydrogen (secondary N) is 1. The number of amides is 1. The second kappa shape index (κ2) is 7.32. The maximum atomic E-state index is 12.6. The molecule has 1 aromatic carbocycles. The first-order chi connectivity index (χ1) is 14.3. The van der Waals surface area contributed by atoms with Crippen molar-refractivity contribution in [2.75, 3.05) is 13.7 Å². The number of ether oxygens (including phenoxy) is 1. The van der Waals surface area contributed by atoms with Gasteiger partial charge in [0.05, 0.1) is 31.0 Å². The molecule has 2 heterocycles. The average molecular weight is 370 g/mol. The first kappa shape index (κ1) is 14.1. The Morgan fingerprint density at radius 3 is 3.26 bits per heavy atom. The number of carbonyl (C=O) groups excluding carboxylic acids is 1. The summed E-state index contributed by atoms with van der Waals surface area (Å²) in [6.45, 7) is -1.33. The molecular formula is C19H21N5O3. The molecule has 1 aliphatic carbocycles. The van der Waals surface area contributed by atoms with E-state index in [-0.39, 0.29) is 23.7 Å². The van der Waals surface area contributed by atoms with E-state index in [1.807, 2.05) is 12.1 Å². The molecule has 0 unspecified atom stereocenters. The van der Waals surface area contributed by atoms with Crippen LogP contribution in [0.25, 0.3) is 11.4 Å². The fraction of sp³-hybridized carbons (Fsp3) is 0.368. The summed E-state index contributed by atoms with van der Waals surface area (Å²) in [6, 6.07) is 5.53. The molecule has 0 aliphatic heterocycles. The second-order valence-corrected chi connectivity index (χ2v) is 6.39. The van der Waals surface area contributed by atoms with E-state index in [0.29, 0.717) is 24.3 Å². The van der Waals surface area contributed by atoms with E-state index < -0.39 is 6.85 Å². The molecule has 8 nitrogen and oxygen atoms in total. The Balaban J connectivity index is 1.46. The Hall–Kier alpha value is -3.00. The molecule has 4 rings (SSSR count). The van der Waals surface area contributed by atoms with Crippen LogP contribution in [0.3, 0.4) is 0 Å². The van der Waals surface area contributed by atoms with Crippen molar-refractivity contribution in [3.8, 4) is 11.4 Å². The zero-order valence-electron chi connectivity index (χ0n) is 17.8. The van der Waals surface area contributed by atoms with Crippen LogP contribution in [0.15, 0.2) is 35.1 Å². The van der Waals surface area contributed by atoms with Crippen molar-refractivity contribution >= 4 is 5.91 Å². The Kier molecular flexibility index (Phi) is 3.82. The van der Waals surface area contributed by atoms with E-state index in [1.54, 1.807) is 30.3 Å². The van der Waals surface area contributed by atoms with E-state index in [4.69, 9.17) is 13.4 Å². The van der Waals surface area contributed by atoms with Crippen LogP contribution >= 0.6 is 0 Å². The molecule has 3 aromatic rings. The number of fused-ring (bicyclic) bond motifs is 1. The molecule has 0 radical (unpaired) electrons. The molecule has 0 saturated carbocycles. The summed E-state index contributed by atoms with van der Waals surface area (Å²) in [5.41, 5.74) is 3.27. The number of nitrogens with zero attached hydrogens (tertiary/aromatic N) is 4. The average Bonchev–Trinajstić information content (AvgIpc) is 3.45. The highest BCUT2D eigenvalue weighted by Crippen LogP contribution is 2.33. The largest absolute Gasteiger partial charge is 0.383 e. The number of rotatable bonds is 6. The maximum Gasteiger partial charge on any atom is 0.254 e. The molecular weight excluding hydrogens is 346 g/mol. The molecule has 2 aromatic heterocycles. The van der Waals surface area contributed by atoms with E-state index in [2.05, 4.69) is 20.6 Å². The topological polar surface area (TPSA) is 95.1 Å². The second-order valence-electron chi connectivity index (χ2n) is 6.39. The normalized spacial score (nSPS) is 17.8. The Morgan fingerprint density at radius 2 is 2.44 bits per heavy atom. The van der Waals surface area contributed by atoms with Crippen LogP contribution in [0.4, 0.5) is 0 Å². The predicted octanol–water partition coefficient (Wildman–Crippen LogP) is 2.31. The molecule has 0 saturated heterocycles.